The summed E-state index contributed by atoms with van der Waals surface area (Å²) >= 11 is 2.38. The molecule has 1 saturated heterocycles. The minimum atomic E-state index is 0.0948. The van der Waals surface area contributed by atoms with Crippen molar-refractivity contribution < 1.29 is 4.74 Å². The van der Waals surface area contributed by atoms with E-state index in [4.69, 9.17) is 4.74 Å². The lowest BCUT2D eigenvalue weighted by Gasteiger charge is -2.23. The van der Waals surface area contributed by atoms with Gasteiger partial charge in [-0.25, -0.2) is 0 Å². The van der Waals surface area contributed by atoms with Crippen molar-refractivity contribution in [3.05, 3.63) is 43.2 Å². The van der Waals surface area contributed by atoms with Crippen molar-refractivity contribution in [3.63, 3.8) is 0 Å². The first kappa shape index (κ1) is 14.1. The summed E-state index contributed by atoms with van der Waals surface area (Å²) in [6.45, 7) is 3.56. The van der Waals surface area contributed by atoms with Gasteiger partial charge in [0.2, 0.25) is 0 Å². The quantitative estimate of drug-likeness (QED) is 0.708. The van der Waals surface area contributed by atoms with Gasteiger partial charge in [-0.05, 0) is 72.0 Å². The third-order valence-corrected chi connectivity index (χ3v) is 5.08. The predicted molar refractivity (Wildman–Crippen MR) is 89.4 cm³/mol. The van der Waals surface area contributed by atoms with Crippen LogP contribution in [0.15, 0.2) is 23.0 Å². The van der Waals surface area contributed by atoms with Gasteiger partial charge in [0, 0.05) is 34.8 Å². The lowest BCUT2D eigenvalue weighted by molar-refractivity contribution is 0.0853. The molecule has 0 radical (unpaired) electrons. The molecule has 0 unspecified atom stereocenters. The minimum absolute atomic E-state index is 0.0948. The molecule has 0 bridgehead atoms. The van der Waals surface area contributed by atoms with Crippen molar-refractivity contribution >= 4 is 33.5 Å². The van der Waals surface area contributed by atoms with Crippen LogP contribution in [0.25, 0.3) is 10.9 Å². The van der Waals surface area contributed by atoms with Gasteiger partial charge >= 0.3 is 0 Å². The van der Waals surface area contributed by atoms with E-state index in [1.54, 1.807) is 4.57 Å². The van der Waals surface area contributed by atoms with E-state index in [1.807, 2.05) is 20.0 Å². The molecule has 3 nitrogen and oxygen atoms in total. The first-order chi connectivity index (χ1) is 9.58. The Morgan fingerprint density at radius 2 is 1.95 bits per heavy atom. The molecule has 4 heteroatoms. The molecule has 1 aromatic heterocycles. The fourth-order valence-electron chi connectivity index (χ4n) is 2.96. The fraction of sp³-hybridized carbons (Fsp3) is 0.438. The SMILES string of the molecule is Cc1cc2c(I)cc(C3CCOCC3)cc2n(C)c1=O. The second-order valence-electron chi connectivity index (χ2n) is 5.51. The summed E-state index contributed by atoms with van der Waals surface area (Å²) in [6, 6.07) is 6.46. The van der Waals surface area contributed by atoms with Gasteiger partial charge in [-0.15, -0.1) is 0 Å². The van der Waals surface area contributed by atoms with Gasteiger partial charge in [0.15, 0.2) is 0 Å². The van der Waals surface area contributed by atoms with E-state index in [-0.39, 0.29) is 5.56 Å². The van der Waals surface area contributed by atoms with E-state index in [0.717, 1.165) is 37.1 Å². The maximum absolute atomic E-state index is 12.1. The Bertz CT molecular complexity index is 714. The Labute approximate surface area is 132 Å². The number of benzene rings is 1. The Kier molecular flexibility index (Phi) is 3.86. The molecule has 2 aromatic rings. The van der Waals surface area contributed by atoms with E-state index < -0.39 is 0 Å². The van der Waals surface area contributed by atoms with Crippen molar-refractivity contribution in [3.8, 4) is 0 Å². The molecule has 20 heavy (non-hydrogen) atoms. The number of ether oxygens (including phenoxy) is 1. The van der Waals surface area contributed by atoms with E-state index >= 15 is 0 Å². The van der Waals surface area contributed by atoms with Crippen molar-refractivity contribution in [1.29, 1.82) is 0 Å². The summed E-state index contributed by atoms with van der Waals surface area (Å²) in [7, 11) is 1.86. The van der Waals surface area contributed by atoms with Crippen LogP contribution in [0.5, 0.6) is 0 Å². The van der Waals surface area contributed by atoms with Crippen LogP contribution in [0.4, 0.5) is 0 Å². The molecule has 1 fully saturated rings. The monoisotopic (exact) mass is 383 g/mol. The van der Waals surface area contributed by atoms with Crippen molar-refractivity contribution in [2.75, 3.05) is 13.2 Å². The molecule has 106 valence electrons. The maximum atomic E-state index is 12.1. The summed E-state index contributed by atoms with van der Waals surface area (Å²) in [5, 5.41) is 1.17. The molecule has 0 aliphatic carbocycles. The van der Waals surface area contributed by atoms with Crippen LogP contribution in [-0.4, -0.2) is 17.8 Å². The number of hydrogen-bond acceptors (Lipinski definition) is 2. The second kappa shape index (κ2) is 5.48. The van der Waals surface area contributed by atoms with E-state index in [2.05, 4.69) is 34.7 Å². The zero-order valence-electron chi connectivity index (χ0n) is 11.8. The highest BCUT2D eigenvalue weighted by Gasteiger charge is 2.18. The third-order valence-electron chi connectivity index (χ3n) is 4.19. The molecular formula is C16H18INO2. The third kappa shape index (κ3) is 2.39. The van der Waals surface area contributed by atoms with Crippen LogP contribution < -0.4 is 5.56 Å². The molecule has 1 aliphatic heterocycles. The molecule has 0 amide bonds. The molecular weight excluding hydrogens is 365 g/mol. The first-order valence-electron chi connectivity index (χ1n) is 6.95. The lowest BCUT2D eigenvalue weighted by atomic mass is 9.91. The summed E-state index contributed by atoms with van der Waals surface area (Å²) in [6.07, 6.45) is 2.14. The first-order valence-corrected chi connectivity index (χ1v) is 8.03. The normalized spacial score (nSPS) is 16.8. The van der Waals surface area contributed by atoms with Crippen LogP contribution in [0.2, 0.25) is 0 Å². The second-order valence-corrected chi connectivity index (χ2v) is 6.68. The smallest absolute Gasteiger partial charge is 0.253 e. The number of fused-ring (bicyclic) bond motifs is 1. The largest absolute Gasteiger partial charge is 0.381 e. The van der Waals surface area contributed by atoms with Crippen LogP contribution in [0.1, 0.15) is 29.9 Å². The Hall–Kier alpha value is -0.880. The van der Waals surface area contributed by atoms with Crippen molar-refractivity contribution in [2.45, 2.75) is 25.7 Å². The summed E-state index contributed by atoms with van der Waals surface area (Å²) in [5.41, 5.74) is 3.27. The molecule has 1 aromatic carbocycles. The van der Waals surface area contributed by atoms with Gasteiger partial charge in [0.05, 0.1) is 5.52 Å². The van der Waals surface area contributed by atoms with Crippen LogP contribution >= 0.6 is 22.6 Å². The zero-order valence-corrected chi connectivity index (χ0v) is 13.9. The highest BCUT2D eigenvalue weighted by molar-refractivity contribution is 14.1. The average molecular weight is 383 g/mol. The molecule has 0 atom stereocenters. The Balaban J connectivity index is 2.20. The molecule has 1 aliphatic rings. The number of hydrogen-bond donors (Lipinski definition) is 0. The fourth-order valence-corrected chi connectivity index (χ4v) is 3.75. The molecule has 0 spiro atoms. The number of halogens is 1. The van der Waals surface area contributed by atoms with Gasteiger partial charge < -0.3 is 9.30 Å². The van der Waals surface area contributed by atoms with Crippen LogP contribution in [0, 0.1) is 10.5 Å². The number of nitrogens with zero attached hydrogens (tertiary/aromatic N) is 1. The van der Waals surface area contributed by atoms with E-state index in [1.165, 1.54) is 14.5 Å². The van der Waals surface area contributed by atoms with Gasteiger partial charge in [0.25, 0.3) is 5.56 Å². The van der Waals surface area contributed by atoms with Crippen LogP contribution in [0.3, 0.4) is 0 Å². The van der Waals surface area contributed by atoms with Gasteiger partial charge in [0.1, 0.15) is 0 Å². The van der Waals surface area contributed by atoms with Gasteiger partial charge in [-0.2, -0.15) is 0 Å². The summed E-state index contributed by atoms with van der Waals surface area (Å²) in [5.74, 6) is 0.554. The number of pyridine rings is 1. The highest BCUT2D eigenvalue weighted by Crippen LogP contribution is 2.31. The number of aromatic nitrogens is 1. The van der Waals surface area contributed by atoms with Crippen LogP contribution in [-0.2, 0) is 11.8 Å². The minimum Gasteiger partial charge on any atom is -0.381 e. The summed E-state index contributed by atoms with van der Waals surface area (Å²) in [4.78, 5) is 12.1. The topological polar surface area (TPSA) is 31.2 Å². The van der Waals surface area contributed by atoms with Crippen molar-refractivity contribution in [1.82, 2.24) is 4.57 Å². The Morgan fingerprint density at radius 3 is 2.65 bits per heavy atom. The lowest BCUT2D eigenvalue weighted by Crippen LogP contribution is -2.20. The maximum Gasteiger partial charge on any atom is 0.253 e. The molecule has 3 rings (SSSR count). The molecule has 0 saturated carbocycles. The van der Waals surface area contributed by atoms with E-state index in [9.17, 15) is 4.79 Å². The zero-order chi connectivity index (χ0) is 14.3. The number of rotatable bonds is 1. The summed E-state index contributed by atoms with van der Waals surface area (Å²) < 4.78 is 8.44. The standard InChI is InChI=1S/C16H18INO2/c1-10-7-13-14(17)8-12(11-3-5-20-6-4-11)9-15(13)18(2)16(10)19/h7-9,11H,3-6H2,1-2H3. The van der Waals surface area contributed by atoms with Crippen molar-refractivity contribution in [2.24, 2.45) is 7.05 Å². The molecule has 2 heterocycles. The Morgan fingerprint density at radius 1 is 1.25 bits per heavy atom. The van der Waals surface area contributed by atoms with E-state index in [0.29, 0.717) is 5.92 Å². The van der Waals surface area contributed by atoms with Gasteiger partial charge in [-0.1, -0.05) is 0 Å². The number of aryl methyl sites for hydroxylation is 2. The van der Waals surface area contributed by atoms with Gasteiger partial charge in [-0.3, -0.25) is 4.79 Å². The molecule has 0 N–H and O–H groups in total. The average Bonchev–Trinajstić information content (AvgIpc) is 2.47. The highest BCUT2D eigenvalue weighted by atomic mass is 127. The predicted octanol–water partition coefficient (Wildman–Crippen LogP) is 3.35.